The molecule has 0 aromatic heterocycles. The summed E-state index contributed by atoms with van der Waals surface area (Å²) in [6.07, 6.45) is -3.47. The molecule has 2 rings (SSSR count). The van der Waals surface area contributed by atoms with Crippen molar-refractivity contribution in [1.29, 1.82) is 0 Å². The van der Waals surface area contributed by atoms with E-state index in [2.05, 4.69) is 11.9 Å². The molecule has 1 unspecified atom stereocenters. The Labute approximate surface area is 190 Å². The number of rotatable bonds is 10. The van der Waals surface area contributed by atoms with Crippen LogP contribution >= 0.6 is 0 Å². The van der Waals surface area contributed by atoms with E-state index in [1.54, 1.807) is 25.1 Å². The highest BCUT2D eigenvalue weighted by Crippen LogP contribution is 2.31. The number of methoxy groups -OCH3 is 2. The minimum absolute atomic E-state index is 0.275. The van der Waals surface area contributed by atoms with E-state index in [-0.39, 0.29) is 6.54 Å². The van der Waals surface area contributed by atoms with Crippen LogP contribution in [0, 0.1) is 0 Å². The summed E-state index contributed by atoms with van der Waals surface area (Å²) in [6.45, 7) is 4.25. The summed E-state index contributed by atoms with van der Waals surface area (Å²) in [7, 11) is -1.46. The molecule has 7 nitrogen and oxygen atoms in total. The van der Waals surface area contributed by atoms with Gasteiger partial charge in [0.1, 0.15) is 11.5 Å². The van der Waals surface area contributed by atoms with Crippen molar-refractivity contribution in [2.24, 2.45) is 0 Å². The van der Waals surface area contributed by atoms with Gasteiger partial charge >= 0.3 is 6.18 Å². The molecule has 0 radical (unpaired) electrons. The van der Waals surface area contributed by atoms with Crippen LogP contribution in [0.25, 0.3) is 0 Å². The third kappa shape index (κ3) is 6.48. The van der Waals surface area contributed by atoms with Gasteiger partial charge in [0.2, 0.25) is 15.9 Å². The number of amides is 1. The van der Waals surface area contributed by atoms with Crippen LogP contribution in [0.15, 0.2) is 60.0 Å². The topological polar surface area (TPSA) is 84.9 Å². The molecule has 11 heteroatoms. The summed E-state index contributed by atoms with van der Waals surface area (Å²) in [5.41, 5.74) is -0.508. The maximum Gasteiger partial charge on any atom is 0.416 e. The van der Waals surface area contributed by atoms with E-state index in [9.17, 15) is 26.4 Å². The second kappa shape index (κ2) is 10.7. The van der Waals surface area contributed by atoms with E-state index < -0.39 is 45.2 Å². The Balaban J connectivity index is 2.26. The number of sulfonamides is 1. The van der Waals surface area contributed by atoms with Gasteiger partial charge in [0.15, 0.2) is 0 Å². The van der Waals surface area contributed by atoms with Gasteiger partial charge < -0.3 is 14.8 Å². The van der Waals surface area contributed by atoms with Crippen LogP contribution in [0.2, 0.25) is 0 Å². The minimum Gasteiger partial charge on any atom is -0.497 e. The molecule has 1 atom stereocenters. The Kier molecular flexibility index (Phi) is 8.51. The van der Waals surface area contributed by atoms with Crippen LogP contribution in [0.3, 0.4) is 0 Å². The van der Waals surface area contributed by atoms with E-state index >= 15 is 0 Å². The van der Waals surface area contributed by atoms with Gasteiger partial charge in [-0.1, -0.05) is 12.1 Å². The molecular weight excluding hydrogens is 461 g/mol. The molecule has 0 spiro atoms. The molecule has 2 aromatic rings. The molecular formula is C22H25F3N2O5S. The highest BCUT2D eigenvalue weighted by atomic mass is 32.2. The van der Waals surface area contributed by atoms with Crippen LogP contribution < -0.4 is 14.8 Å². The molecule has 0 aliphatic rings. The molecule has 0 fully saturated rings. The van der Waals surface area contributed by atoms with Crippen LogP contribution in [0.1, 0.15) is 24.1 Å². The number of nitrogens with one attached hydrogen (secondary N) is 1. The van der Waals surface area contributed by atoms with E-state index in [1.165, 1.54) is 20.3 Å². The lowest BCUT2D eigenvalue weighted by molar-refractivity contribution is -0.137. The Morgan fingerprint density at radius 1 is 1.18 bits per heavy atom. The molecule has 0 saturated carbocycles. The van der Waals surface area contributed by atoms with Crippen molar-refractivity contribution in [3.63, 3.8) is 0 Å². The lowest BCUT2D eigenvalue weighted by Crippen LogP contribution is -2.41. The first-order valence-electron chi connectivity index (χ1n) is 9.73. The summed E-state index contributed by atoms with van der Waals surface area (Å²) < 4.78 is 76.3. The minimum atomic E-state index is -4.71. The highest BCUT2D eigenvalue weighted by Gasteiger charge is 2.33. The summed E-state index contributed by atoms with van der Waals surface area (Å²) in [5, 5.41) is 2.68. The molecule has 180 valence electrons. The lowest BCUT2D eigenvalue weighted by atomic mass is 10.1. The first-order valence-corrected chi connectivity index (χ1v) is 11.2. The van der Waals surface area contributed by atoms with Crippen LogP contribution in [0.4, 0.5) is 13.2 Å². The molecule has 0 saturated heterocycles. The van der Waals surface area contributed by atoms with E-state index in [4.69, 9.17) is 9.47 Å². The largest absolute Gasteiger partial charge is 0.497 e. The smallest absolute Gasteiger partial charge is 0.416 e. The zero-order valence-electron chi connectivity index (χ0n) is 18.3. The van der Waals surface area contributed by atoms with Gasteiger partial charge in [-0.05, 0) is 43.3 Å². The molecule has 0 aliphatic carbocycles. The maximum atomic E-state index is 13.0. The van der Waals surface area contributed by atoms with Gasteiger partial charge in [-0.3, -0.25) is 4.79 Å². The van der Waals surface area contributed by atoms with Gasteiger partial charge in [0.25, 0.3) is 0 Å². The van der Waals surface area contributed by atoms with E-state index in [0.717, 1.165) is 22.5 Å². The van der Waals surface area contributed by atoms with Crippen molar-refractivity contribution in [2.75, 3.05) is 27.3 Å². The van der Waals surface area contributed by atoms with Crippen LogP contribution in [-0.2, 0) is 21.0 Å². The highest BCUT2D eigenvalue weighted by molar-refractivity contribution is 7.89. The Morgan fingerprint density at radius 3 is 2.45 bits per heavy atom. The Bertz CT molecular complexity index is 1100. The second-order valence-electron chi connectivity index (χ2n) is 7.01. The quantitative estimate of drug-likeness (QED) is 0.517. The van der Waals surface area contributed by atoms with Gasteiger partial charge in [0, 0.05) is 12.1 Å². The lowest BCUT2D eigenvalue weighted by Gasteiger charge is -2.23. The molecule has 1 N–H and O–H groups in total. The fourth-order valence-corrected chi connectivity index (χ4v) is 4.49. The molecule has 0 bridgehead atoms. The number of halogens is 3. The first kappa shape index (κ1) is 26.2. The molecule has 33 heavy (non-hydrogen) atoms. The Hall–Kier alpha value is -3.05. The zero-order valence-corrected chi connectivity index (χ0v) is 19.2. The number of carbonyl (C=O) groups excluding carboxylic acids is 1. The first-order chi connectivity index (χ1) is 15.4. The van der Waals surface area contributed by atoms with Crippen molar-refractivity contribution in [3.05, 3.63) is 66.2 Å². The second-order valence-corrected chi connectivity index (χ2v) is 8.95. The average Bonchev–Trinajstić information content (AvgIpc) is 2.77. The summed E-state index contributed by atoms with van der Waals surface area (Å²) in [6, 6.07) is 7.79. The van der Waals surface area contributed by atoms with Crippen molar-refractivity contribution >= 4 is 15.9 Å². The number of benzene rings is 2. The fourth-order valence-electron chi connectivity index (χ4n) is 3.08. The fraction of sp³-hybridized carbons (Fsp3) is 0.318. The third-order valence-electron chi connectivity index (χ3n) is 4.73. The van der Waals surface area contributed by atoms with Crippen molar-refractivity contribution < 1.29 is 35.9 Å². The normalized spacial score (nSPS) is 12.8. The summed E-state index contributed by atoms with van der Waals surface area (Å²) in [5.74, 6) is 0.361. The molecule has 0 aliphatic heterocycles. The number of nitrogens with zero attached hydrogens (tertiary/aromatic N) is 1. The predicted molar refractivity (Wildman–Crippen MR) is 117 cm³/mol. The predicted octanol–water partition coefficient (Wildman–Crippen LogP) is 3.78. The van der Waals surface area contributed by atoms with Gasteiger partial charge in [-0.25, -0.2) is 8.42 Å². The van der Waals surface area contributed by atoms with E-state index in [0.29, 0.717) is 23.1 Å². The monoisotopic (exact) mass is 486 g/mol. The van der Waals surface area contributed by atoms with Crippen molar-refractivity contribution in [3.8, 4) is 11.5 Å². The van der Waals surface area contributed by atoms with Gasteiger partial charge in [-0.15, -0.1) is 6.58 Å². The van der Waals surface area contributed by atoms with Crippen molar-refractivity contribution in [2.45, 2.75) is 24.0 Å². The SMILES string of the molecule is C=CCN(CC(=O)NC(C)c1cc(OC)ccc1OC)S(=O)(=O)c1cccc(C(F)(F)F)c1. The van der Waals surface area contributed by atoms with Gasteiger partial charge in [-0.2, -0.15) is 17.5 Å². The zero-order chi connectivity index (χ0) is 24.8. The third-order valence-corrected chi connectivity index (χ3v) is 6.54. The summed E-state index contributed by atoms with van der Waals surface area (Å²) in [4.78, 5) is 12.1. The van der Waals surface area contributed by atoms with Crippen molar-refractivity contribution in [1.82, 2.24) is 9.62 Å². The molecule has 0 heterocycles. The van der Waals surface area contributed by atoms with E-state index in [1.807, 2.05) is 0 Å². The summed E-state index contributed by atoms with van der Waals surface area (Å²) >= 11 is 0. The number of alkyl halides is 3. The standard InChI is InChI=1S/C22H25F3N2O5S/c1-5-11-27(33(29,30)18-8-6-7-16(12-18)22(23,24)25)14-21(28)26-15(2)19-13-17(31-3)9-10-20(19)32-4/h5-10,12-13,15H,1,11,14H2,2-4H3,(H,26,28). The molecule has 1 amide bonds. The van der Waals surface area contributed by atoms with Crippen LogP contribution in [0.5, 0.6) is 11.5 Å². The maximum absolute atomic E-state index is 13.0. The molecule has 2 aromatic carbocycles. The number of hydrogen-bond acceptors (Lipinski definition) is 5. The average molecular weight is 487 g/mol. The van der Waals surface area contributed by atoms with Crippen LogP contribution in [-0.4, -0.2) is 45.9 Å². The number of hydrogen-bond donors (Lipinski definition) is 1. The van der Waals surface area contributed by atoms with Gasteiger partial charge in [0.05, 0.1) is 37.3 Å². The number of ether oxygens (including phenoxy) is 2. The number of carbonyl (C=O) groups is 1. The Morgan fingerprint density at radius 2 is 1.88 bits per heavy atom.